The first-order chi connectivity index (χ1) is 12.0. The van der Waals surface area contributed by atoms with Gasteiger partial charge in [-0.25, -0.2) is 0 Å². The molecule has 0 aliphatic carbocycles. The van der Waals surface area contributed by atoms with E-state index in [1.807, 2.05) is 24.3 Å². The van der Waals surface area contributed by atoms with Crippen molar-refractivity contribution in [3.63, 3.8) is 0 Å². The third-order valence-corrected chi connectivity index (χ3v) is 5.01. The predicted octanol–water partition coefficient (Wildman–Crippen LogP) is 2.49. The molecule has 0 saturated carbocycles. The van der Waals surface area contributed by atoms with Gasteiger partial charge in [0, 0.05) is 32.6 Å². The molecule has 6 heteroatoms. The molecule has 0 bridgehead atoms. The maximum Gasteiger partial charge on any atom is 0.253 e. The van der Waals surface area contributed by atoms with Crippen LogP contribution in [0.1, 0.15) is 42.1 Å². The molecule has 1 aromatic carbocycles. The summed E-state index contributed by atoms with van der Waals surface area (Å²) < 4.78 is 0. The number of rotatable bonds is 7. The fourth-order valence-electron chi connectivity index (χ4n) is 3.41. The third-order valence-electron chi connectivity index (χ3n) is 5.01. The highest BCUT2D eigenvalue weighted by Crippen LogP contribution is 2.24. The molecular weight excluding hydrogens is 350 g/mol. The second kappa shape index (κ2) is 11.2. The molecule has 1 atom stereocenters. The molecule has 26 heavy (non-hydrogen) atoms. The zero-order chi connectivity index (χ0) is 18.2. The summed E-state index contributed by atoms with van der Waals surface area (Å²) in [7, 11) is 3.50. The van der Waals surface area contributed by atoms with Crippen LogP contribution in [0.2, 0.25) is 0 Å². The zero-order valence-corrected chi connectivity index (χ0v) is 16.9. The summed E-state index contributed by atoms with van der Waals surface area (Å²) in [6.07, 6.45) is 3.67. The van der Waals surface area contributed by atoms with Gasteiger partial charge in [-0.15, -0.1) is 12.4 Å². The lowest BCUT2D eigenvalue weighted by molar-refractivity contribution is -0.122. The SMILES string of the molecule is CC(CC(=O)NCCc1cccc(C(=O)N(C)C)c1)C1CCNCC1.Cl. The Morgan fingerprint density at radius 3 is 2.62 bits per heavy atom. The van der Waals surface area contributed by atoms with Crippen molar-refractivity contribution in [3.05, 3.63) is 35.4 Å². The summed E-state index contributed by atoms with van der Waals surface area (Å²) in [5.41, 5.74) is 1.76. The van der Waals surface area contributed by atoms with E-state index >= 15 is 0 Å². The second-order valence-corrected chi connectivity index (χ2v) is 7.27. The molecule has 2 rings (SSSR count). The Morgan fingerprint density at radius 2 is 1.96 bits per heavy atom. The van der Waals surface area contributed by atoms with Crippen molar-refractivity contribution in [2.24, 2.45) is 11.8 Å². The highest BCUT2D eigenvalue weighted by Gasteiger charge is 2.21. The van der Waals surface area contributed by atoms with Crippen LogP contribution in [0.5, 0.6) is 0 Å². The van der Waals surface area contributed by atoms with Gasteiger partial charge in [-0.2, -0.15) is 0 Å². The number of carbonyl (C=O) groups excluding carboxylic acids is 2. The number of piperidine rings is 1. The topological polar surface area (TPSA) is 61.4 Å². The van der Waals surface area contributed by atoms with Gasteiger partial charge in [0.1, 0.15) is 0 Å². The maximum absolute atomic E-state index is 12.2. The number of hydrogen-bond donors (Lipinski definition) is 2. The van der Waals surface area contributed by atoms with Crippen LogP contribution in [0, 0.1) is 11.8 Å². The Morgan fingerprint density at radius 1 is 1.27 bits per heavy atom. The lowest BCUT2D eigenvalue weighted by Crippen LogP contribution is -2.34. The van der Waals surface area contributed by atoms with E-state index in [1.54, 1.807) is 19.0 Å². The van der Waals surface area contributed by atoms with E-state index in [2.05, 4.69) is 17.6 Å². The number of halogens is 1. The van der Waals surface area contributed by atoms with Crippen molar-refractivity contribution < 1.29 is 9.59 Å². The quantitative estimate of drug-likeness (QED) is 0.762. The van der Waals surface area contributed by atoms with Crippen molar-refractivity contribution >= 4 is 24.2 Å². The van der Waals surface area contributed by atoms with Crippen molar-refractivity contribution in [1.82, 2.24) is 15.5 Å². The molecule has 0 radical (unpaired) electrons. The van der Waals surface area contributed by atoms with Crippen molar-refractivity contribution in [1.29, 1.82) is 0 Å². The average Bonchev–Trinajstić information content (AvgIpc) is 2.62. The van der Waals surface area contributed by atoms with Gasteiger partial charge in [-0.05, 0) is 61.9 Å². The summed E-state index contributed by atoms with van der Waals surface area (Å²) in [6.45, 7) is 4.93. The largest absolute Gasteiger partial charge is 0.356 e. The van der Waals surface area contributed by atoms with E-state index in [0.717, 1.165) is 25.1 Å². The average molecular weight is 382 g/mol. The van der Waals surface area contributed by atoms with Crippen LogP contribution in [0.25, 0.3) is 0 Å². The molecule has 1 saturated heterocycles. The Labute approximate surface area is 163 Å². The first kappa shape index (κ1) is 22.5. The number of amides is 2. The summed E-state index contributed by atoms with van der Waals surface area (Å²) in [6, 6.07) is 7.63. The second-order valence-electron chi connectivity index (χ2n) is 7.27. The smallest absolute Gasteiger partial charge is 0.253 e. The lowest BCUT2D eigenvalue weighted by atomic mass is 9.84. The first-order valence-electron chi connectivity index (χ1n) is 9.25. The van der Waals surface area contributed by atoms with Crippen LogP contribution in [0.4, 0.5) is 0 Å². The van der Waals surface area contributed by atoms with Crippen molar-refractivity contribution in [2.45, 2.75) is 32.6 Å². The number of nitrogens with zero attached hydrogens (tertiary/aromatic N) is 1. The number of hydrogen-bond acceptors (Lipinski definition) is 3. The molecule has 1 fully saturated rings. The summed E-state index contributed by atoms with van der Waals surface area (Å²) in [5, 5.41) is 6.39. The number of carbonyl (C=O) groups is 2. The van der Waals surface area contributed by atoms with Crippen LogP contribution in [-0.2, 0) is 11.2 Å². The minimum absolute atomic E-state index is 0. The summed E-state index contributed by atoms with van der Waals surface area (Å²) in [4.78, 5) is 25.7. The molecule has 5 nitrogen and oxygen atoms in total. The molecule has 0 spiro atoms. The molecule has 1 heterocycles. The van der Waals surface area contributed by atoms with Gasteiger partial charge < -0.3 is 15.5 Å². The van der Waals surface area contributed by atoms with Gasteiger partial charge in [0.15, 0.2) is 0 Å². The van der Waals surface area contributed by atoms with Crippen LogP contribution >= 0.6 is 12.4 Å². The van der Waals surface area contributed by atoms with Gasteiger partial charge in [0.05, 0.1) is 0 Å². The molecule has 1 unspecified atom stereocenters. The van der Waals surface area contributed by atoms with Crippen molar-refractivity contribution in [2.75, 3.05) is 33.7 Å². The van der Waals surface area contributed by atoms with E-state index in [1.165, 1.54) is 12.8 Å². The normalized spacial score (nSPS) is 15.7. The van der Waals surface area contributed by atoms with Gasteiger partial charge in [0.25, 0.3) is 5.91 Å². The molecule has 2 N–H and O–H groups in total. The monoisotopic (exact) mass is 381 g/mol. The van der Waals surface area contributed by atoms with Gasteiger partial charge in [-0.3, -0.25) is 9.59 Å². The minimum Gasteiger partial charge on any atom is -0.356 e. The van der Waals surface area contributed by atoms with E-state index in [9.17, 15) is 9.59 Å². The molecule has 146 valence electrons. The number of nitrogens with one attached hydrogen (secondary N) is 2. The Bertz CT molecular complexity index is 586. The Balaban J connectivity index is 0.00000338. The predicted molar refractivity (Wildman–Crippen MR) is 108 cm³/mol. The minimum atomic E-state index is 0. The van der Waals surface area contributed by atoms with E-state index in [0.29, 0.717) is 30.4 Å². The van der Waals surface area contributed by atoms with Crippen LogP contribution in [-0.4, -0.2) is 50.4 Å². The van der Waals surface area contributed by atoms with E-state index in [4.69, 9.17) is 0 Å². The van der Waals surface area contributed by atoms with Crippen LogP contribution < -0.4 is 10.6 Å². The molecular formula is C20H32ClN3O2. The van der Waals surface area contributed by atoms with Crippen molar-refractivity contribution in [3.8, 4) is 0 Å². The molecule has 1 aromatic rings. The van der Waals surface area contributed by atoms with Gasteiger partial charge in [-0.1, -0.05) is 19.1 Å². The van der Waals surface area contributed by atoms with E-state index in [-0.39, 0.29) is 24.2 Å². The van der Waals surface area contributed by atoms with Gasteiger partial charge >= 0.3 is 0 Å². The molecule has 1 aliphatic heterocycles. The fraction of sp³-hybridized carbons (Fsp3) is 0.600. The molecule has 0 aromatic heterocycles. The Hall–Kier alpha value is -1.59. The first-order valence-corrected chi connectivity index (χ1v) is 9.25. The fourth-order valence-corrected chi connectivity index (χ4v) is 3.41. The van der Waals surface area contributed by atoms with Crippen LogP contribution in [0.15, 0.2) is 24.3 Å². The number of benzene rings is 1. The summed E-state index contributed by atoms with van der Waals surface area (Å²) in [5.74, 6) is 1.22. The third kappa shape index (κ3) is 6.96. The highest BCUT2D eigenvalue weighted by molar-refractivity contribution is 5.94. The molecule has 1 aliphatic rings. The molecule has 2 amide bonds. The Kier molecular flexibility index (Phi) is 9.66. The van der Waals surface area contributed by atoms with Crippen LogP contribution in [0.3, 0.4) is 0 Å². The van der Waals surface area contributed by atoms with E-state index < -0.39 is 0 Å². The standard InChI is InChI=1S/C20H31N3O2.ClH/c1-15(17-8-10-21-11-9-17)13-19(24)22-12-7-16-5-4-6-18(14-16)20(25)23(2)3;/h4-6,14-15,17,21H,7-13H2,1-3H3,(H,22,24);1H. The zero-order valence-electron chi connectivity index (χ0n) is 16.1. The lowest BCUT2D eigenvalue weighted by Gasteiger charge is -2.27. The maximum atomic E-state index is 12.2. The van der Waals surface area contributed by atoms with Gasteiger partial charge in [0.2, 0.25) is 5.91 Å². The summed E-state index contributed by atoms with van der Waals surface area (Å²) >= 11 is 0. The highest BCUT2D eigenvalue weighted by atomic mass is 35.5.